The Balaban J connectivity index is 1.35. The van der Waals surface area contributed by atoms with Crippen LogP contribution < -0.4 is 0 Å². The molecule has 0 unspecified atom stereocenters. The van der Waals surface area contributed by atoms with Crippen molar-refractivity contribution in [1.29, 1.82) is 0 Å². The Bertz CT molecular complexity index is 462. The van der Waals surface area contributed by atoms with Gasteiger partial charge in [0.15, 0.2) is 0 Å². The van der Waals surface area contributed by atoms with Gasteiger partial charge in [0.2, 0.25) is 5.91 Å². The van der Waals surface area contributed by atoms with Crippen molar-refractivity contribution in [1.82, 2.24) is 9.80 Å². The molecule has 0 radical (unpaired) electrons. The maximum Gasteiger partial charge on any atom is 0.225 e. The summed E-state index contributed by atoms with van der Waals surface area (Å²) in [4.78, 5) is 17.5. The molecule has 3 saturated heterocycles. The third-order valence-corrected chi connectivity index (χ3v) is 6.62. The second kappa shape index (κ2) is 6.93. The zero-order valence-electron chi connectivity index (χ0n) is 15.0. The van der Waals surface area contributed by atoms with E-state index in [1.54, 1.807) is 0 Å². The van der Waals surface area contributed by atoms with Crippen LogP contribution in [0.2, 0.25) is 0 Å². The van der Waals surface area contributed by atoms with Gasteiger partial charge in [-0.15, -0.1) is 0 Å². The topological polar surface area (TPSA) is 42.0 Å². The first kappa shape index (κ1) is 16.8. The predicted molar refractivity (Wildman–Crippen MR) is 91.7 cm³/mol. The van der Waals surface area contributed by atoms with Crippen molar-refractivity contribution in [3.63, 3.8) is 0 Å². The van der Waals surface area contributed by atoms with Crippen molar-refractivity contribution < 1.29 is 14.3 Å². The van der Waals surface area contributed by atoms with E-state index in [0.717, 1.165) is 77.8 Å². The lowest BCUT2D eigenvalue weighted by molar-refractivity contribution is -0.138. The van der Waals surface area contributed by atoms with Crippen LogP contribution >= 0.6 is 0 Å². The van der Waals surface area contributed by atoms with E-state index in [-0.39, 0.29) is 11.3 Å². The van der Waals surface area contributed by atoms with Gasteiger partial charge in [-0.3, -0.25) is 4.79 Å². The first-order chi connectivity index (χ1) is 11.7. The molecule has 0 N–H and O–H groups in total. The van der Waals surface area contributed by atoms with Crippen LogP contribution in [0, 0.1) is 23.2 Å². The van der Waals surface area contributed by atoms with Gasteiger partial charge in [-0.25, -0.2) is 0 Å². The Labute approximate surface area is 145 Å². The van der Waals surface area contributed by atoms with Crippen LogP contribution in [-0.4, -0.2) is 75.4 Å². The van der Waals surface area contributed by atoms with Gasteiger partial charge in [-0.1, -0.05) is 0 Å². The summed E-state index contributed by atoms with van der Waals surface area (Å²) in [6.45, 7) is 7.41. The normalized spacial score (nSPS) is 35.2. The molecule has 5 nitrogen and oxygen atoms in total. The van der Waals surface area contributed by atoms with E-state index >= 15 is 0 Å². The molecule has 3 heterocycles. The van der Waals surface area contributed by atoms with E-state index in [1.165, 1.54) is 12.8 Å². The highest BCUT2D eigenvalue weighted by Crippen LogP contribution is 2.44. The van der Waals surface area contributed by atoms with Gasteiger partial charge >= 0.3 is 0 Å². The fraction of sp³-hybridized carbons (Fsp3) is 0.947. The fourth-order valence-electron chi connectivity index (χ4n) is 4.94. The Kier molecular flexibility index (Phi) is 4.85. The fourth-order valence-corrected chi connectivity index (χ4v) is 4.94. The average Bonchev–Trinajstić information content (AvgIpc) is 3.24. The summed E-state index contributed by atoms with van der Waals surface area (Å²) in [6.07, 6.45) is 5.64. The standard InChI is InChI=1S/C19H32N2O3/c1-20-10-17(12-24-11-15-2-3-15)19(13-20)6-7-21(14-19)18(22)16-4-8-23-9-5-16/h15-17H,2-14H2,1H3/t17-,19+/m0/s1. The number of nitrogens with zero attached hydrogens (tertiary/aromatic N) is 2. The van der Waals surface area contributed by atoms with Crippen LogP contribution in [0.3, 0.4) is 0 Å². The number of hydrogen-bond acceptors (Lipinski definition) is 4. The summed E-state index contributed by atoms with van der Waals surface area (Å²) < 4.78 is 11.5. The van der Waals surface area contributed by atoms with E-state index < -0.39 is 0 Å². The Morgan fingerprint density at radius 2 is 1.96 bits per heavy atom. The predicted octanol–water partition coefficient (Wildman–Crippen LogP) is 1.62. The minimum atomic E-state index is 0.192. The van der Waals surface area contributed by atoms with Crippen molar-refractivity contribution in [2.24, 2.45) is 23.2 Å². The van der Waals surface area contributed by atoms with Gasteiger partial charge in [-0.05, 0) is 45.1 Å². The minimum absolute atomic E-state index is 0.192. The molecule has 3 aliphatic heterocycles. The molecule has 4 rings (SSSR count). The van der Waals surface area contributed by atoms with E-state index in [2.05, 4.69) is 16.8 Å². The van der Waals surface area contributed by atoms with Crippen molar-refractivity contribution in [3.8, 4) is 0 Å². The molecule has 0 bridgehead atoms. The molecule has 4 aliphatic rings. The molecule has 1 saturated carbocycles. The van der Waals surface area contributed by atoms with Crippen LogP contribution in [0.1, 0.15) is 32.1 Å². The van der Waals surface area contributed by atoms with Crippen LogP contribution in [0.5, 0.6) is 0 Å². The van der Waals surface area contributed by atoms with E-state index in [1.807, 2.05) is 0 Å². The number of rotatable bonds is 5. The monoisotopic (exact) mass is 336 g/mol. The van der Waals surface area contributed by atoms with Gasteiger partial charge < -0.3 is 19.3 Å². The molecular weight excluding hydrogens is 304 g/mol. The molecule has 0 aromatic carbocycles. The van der Waals surface area contributed by atoms with Crippen molar-refractivity contribution in [2.75, 3.05) is 59.7 Å². The van der Waals surface area contributed by atoms with Crippen molar-refractivity contribution in [2.45, 2.75) is 32.1 Å². The third-order valence-electron chi connectivity index (χ3n) is 6.62. The molecule has 0 aromatic rings. The summed E-state index contributed by atoms with van der Waals surface area (Å²) in [7, 11) is 2.21. The van der Waals surface area contributed by atoms with Crippen LogP contribution in [0.4, 0.5) is 0 Å². The summed E-state index contributed by atoms with van der Waals surface area (Å²) in [5.74, 6) is 1.98. The number of amides is 1. The lowest BCUT2D eigenvalue weighted by Crippen LogP contribution is -2.41. The maximum absolute atomic E-state index is 12.9. The number of likely N-dealkylation sites (tertiary alicyclic amines) is 2. The molecule has 4 fully saturated rings. The molecule has 136 valence electrons. The summed E-state index contributed by atoms with van der Waals surface area (Å²) in [5.41, 5.74) is 0.263. The highest BCUT2D eigenvalue weighted by molar-refractivity contribution is 5.79. The third kappa shape index (κ3) is 3.49. The van der Waals surface area contributed by atoms with Crippen LogP contribution in [0.15, 0.2) is 0 Å². The Hall–Kier alpha value is -0.650. The number of carbonyl (C=O) groups is 1. The number of ether oxygens (including phenoxy) is 2. The smallest absolute Gasteiger partial charge is 0.225 e. The van der Waals surface area contributed by atoms with E-state index in [4.69, 9.17) is 9.47 Å². The largest absolute Gasteiger partial charge is 0.381 e. The second-order valence-corrected chi connectivity index (χ2v) is 8.63. The quantitative estimate of drug-likeness (QED) is 0.765. The molecule has 0 aromatic heterocycles. The van der Waals surface area contributed by atoms with Gasteiger partial charge in [0.25, 0.3) is 0 Å². The van der Waals surface area contributed by atoms with Gasteiger partial charge in [0.05, 0.1) is 6.61 Å². The Morgan fingerprint density at radius 3 is 2.71 bits per heavy atom. The summed E-state index contributed by atoms with van der Waals surface area (Å²) in [6, 6.07) is 0. The molecule has 1 aliphatic carbocycles. The van der Waals surface area contributed by atoms with Crippen molar-refractivity contribution in [3.05, 3.63) is 0 Å². The lowest BCUT2D eigenvalue weighted by atomic mass is 9.77. The Morgan fingerprint density at radius 1 is 1.17 bits per heavy atom. The van der Waals surface area contributed by atoms with Gasteiger partial charge in [-0.2, -0.15) is 0 Å². The molecule has 2 atom stereocenters. The summed E-state index contributed by atoms with van der Waals surface area (Å²) in [5, 5.41) is 0. The zero-order valence-corrected chi connectivity index (χ0v) is 15.0. The zero-order chi connectivity index (χ0) is 16.6. The first-order valence-electron chi connectivity index (χ1n) is 9.79. The second-order valence-electron chi connectivity index (χ2n) is 8.63. The summed E-state index contributed by atoms with van der Waals surface area (Å²) >= 11 is 0. The van der Waals surface area contributed by atoms with Gasteiger partial charge in [0.1, 0.15) is 0 Å². The minimum Gasteiger partial charge on any atom is -0.381 e. The molecule has 5 heteroatoms. The van der Waals surface area contributed by atoms with Crippen molar-refractivity contribution >= 4 is 5.91 Å². The lowest BCUT2D eigenvalue weighted by Gasteiger charge is -2.32. The first-order valence-corrected chi connectivity index (χ1v) is 9.79. The maximum atomic E-state index is 12.9. The van der Waals surface area contributed by atoms with E-state index in [0.29, 0.717) is 11.8 Å². The average molecular weight is 336 g/mol. The van der Waals surface area contributed by atoms with E-state index in [9.17, 15) is 4.79 Å². The number of carbonyl (C=O) groups excluding carboxylic acids is 1. The highest BCUT2D eigenvalue weighted by Gasteiger charge is 2.51. The SMILES string of the molecule is CN1C[C@@H](COCC2CC2)[C@]2(CCN(C(=O)C3CCOCC3)C2)C1. The molecule has 24 heavy (non-hydrogen) atoms. The molecule has 1 amide bonds. The highest BCUT2D eigenvalue weighted by atomic mass is 16.5. The number of hydrogen-bond donors (Lipinski definition) is 0. The molecular formula is C19H32N2O3. The van der Waals surface area contributed by atoms with Crippen LogP contribution in [0.25, 0.3) is 0 Å². The molecule has 1 spiro atoms. The van der Waals surface area contributed by atoms with Crippen LogP contribution in [-0.2, 0) is 14.3 Å². The van der Waals surface area contributed by atoms with Gasteiger partial charge in [0, 0.05) is 63.3 Å².